The minimum Gasteiger partial charge on any atom is -0.456 e. The van der Waals surface area contributed by atoms with Gasteiger partial charge in [-0.25, -0.2) is 0 Å². The highest BCUT2D eigenvalue weighted by molar-refractivity contribution is 6.25. The van der Waals surface area contributed by atoms with Gasteiger partial charge < -0.3 is 18.6 Å². The first-order valence-electron chi connectivity index (χ1n) is 22.8. The van der Waals surface area contributed by atoms with E-state index in [0.29, 0.717) is 0 Å². The highest BCUT2D eigenvalue weighted by atomic mass is 16.3. The maximum absolute atomic E-state index is 7.07. The van der Waals surface area contributed by atoms with Gasteiger partial charge in [-0.3, -0.25) is 0 Å². The number of benzene rings is 10. The Bertz CT molecular complexity index is 3760. The lowest BCUT2D eigenvalue weighted by Crippen LogP contribution is -2.11. The number of hydrogen-bond acceptors (Lipinski definition) is 4. The number of nitrogens with zero attached hydrogens (tertiary/aromatic N) is 2. The number of anilines is 6. The van der Waals surface area contributed by atoms with Gasteiger partial charge in [-0.05, 0) is 182 Å². The number of hydrogen-bond donors (Lipinski definition) is 0. The second kappa shape index (κ2) is 15.3. The van der Waals surface area contributed by atoms with E-state index in [1.807, 2.05) is 0 Å². The molecule has 66 heavy (non-hydrogen) atoms. The summed E-state index contributed by atoms with van der Waals surface area (Å²) < 4.78 is 14.0. The van der Waals surface area contributed by atoms with E-state index in [0.717, 1.165) is 99.3 Å². The van der Waals surface area contributed by atoms with E-state index in [9.17, 15) is 0 Å². The van der Waals surface area contributed by atoms with Gasteiger partial charge in [0.2, 0.25) is 0 Å². The van der Waals surface area contributed by atoms with Gasteiger partial charge in [0.25, 0.3) is 0 Å². The minimum atomic E-state index is 0.837. The summed E-state index contributed by atoms with van der Waals surface area (Å²) in [7, 11) is 0. The molecule has 318 valence electrons. The summed E-state index contributed by atoms with van der Waals surface area (Å²) in [6.07, 6.45) is 0. The van der Waals surface area contributed by atoms with E-state index < -0.39 is 0 Å². The first-order chi connectivity index (χ1) is 32.1. The number of rotatable bonds is 7. The molecule has 0 unspecified atom stereocenters. The quantitative estimate of drug-likeness (QED) is 0.160. The Morgan fingerprint density at radius 1 is 0.333 bits per heavy atom. The Morgan fingerprint density at radius 2 is 0.818 bits per heavy atom. The Hall–Kier alpha value is -8.08. The molecule has 0 radical (unpaired) electrons. The second-order valence-corrected chi connectivity index (χ2v) is 18.3. The second-order valence-electron chi connectivity index (χ2n) is 18.3. The van der Waals surface area contributed by atoms with Gasteiger partial charge in [0.1, 0.15) is 22.3 Å². The molecule has 4 nitrogen and oxygen atoms in total. The maximum atomic E-state index is 7.07. The zero-order valence-corrected chi connectivity index (χ0v) is 38.0. The summed E-state index contributed by atoms with van der Waals surface area (Å²) in [6.45, 7) is 13.0. The summed E-state index contributed by atoms with van der Waals surface area (Å²) in [5.41, 5.74) is 19.6. The van der Waals surface area contributed by atoms with E-state index in [2.05, 4.69) is 233 Å². The molecule has 0 fully saturated rings. The van der Waals surface area contributed by atoms with Gasteiger partial charge in [-0.15, -0.1) is 0 Å². The van der Waals surface area contributed by atoms with Gasteiger partial charge in [0.15, 0.2) is 0 Å². The summed E-state index contributed by atoms with van der Waals surface area (Å²) >= 11 is 0. The normalized spacial score (nSPS) is 11.8. The third-order valence-electron chi connectivity index (χ3n) is 13.5. The van der Waals surface area contributed by atoms with Crippen molar-refractivity contribution in [1.29, 1.82) is 0 Å². The topological polar surface area (TPSA) is 32.8 Å². The lowest BCUT2D eigenvalue weighted by molar-refractivity contribution is 0.665. The van der Waals surface area contributed by atoms with Crippen LogP contribution in [0.4, 0.5) is 34.1 Å². The van der Waals surface area contributed by atoms with Crippen LogP contribution in [0.3, 0.4) is 0 Å². The van der Waals surface area contributed by atoms with Gasteiger partial charge in [0, 0.05) is 61.2 Å². The lowest BCUT2D eigenvalue weighted by Gasteiger charge is -2.28. The Morgan fingerprint density at radius 3 is 1.36 bits per heavy atom. The standard InChI is InChI=1S/C62H48N2O2/c1-37-14-22-48(23-15-37)63(55-28-39(3)12-18-41(55)5)50-26-20-44-32-52-53-36-59-61(60(43-10-8-7-9-11-43)62(53)66-57(52)34-46(44)30-50)54-33-45-21-27-51(31-47(45)35-58(54)65-59)64(49-24-16-38(2)17-25-49)56-29-40(4)13-19-42(56)6/h7-36H,1-6H3. The Balaban J connectivity index is 1.03. The van der Waals surface area contributed by atoms with Crippen LogP contribution in [0.25, 0.3) is 76.5 Å². The van der Waals surface area contributed by atoms with Crippen molar-refractivity contribution in [2.45, 2.75) is 41.5 Å². The van der Waals surface area contributed by atoms with Crippen LogP contribution in [-0.2, 0) is 0 Å². The third kappa shape index (κ3) is 6.60. The number of fused-ring (bicyclic) bond motifs is 8. The molecular formula is C62H48N2O2. The molecule has 2 aromatic heterocycles. The highest BCUT2D eigenvalue weighted by Gasteiger charge is 2.23. The lowest BCUT2D eigenvalue weighted by atomic mass is 9.95. The molecule has 0 saturated carbocycles. The van der Waals surface area contributed by atoms with E-state index in [-0.39, 0.29) is 0 Å². The summed E-state index contributed by atoms with van der Waals surface area (Å²) in [4.78, 5) is 4.74. The van der Waals surface area contributed by atoms with Crippen molar-refractivity contribution >= 4 is 99.5 Å². The van der Waals surface area contributed by atoms with Crippen molar-refractivity contribution in [2.75, 3.05) is 9.80 Å². The van der Waals surface area contributed by atoms with Crippen LogP contribution in [-0.4, -0.2) is 0 Å². The molecule has 0 saturated heterocycles. The molecule has 12 rings (SSSR count). The van der Waals surface area contributed by atoms with E-state index in [1.54, 1.807) is 0 Å². The van der Waals surface area contributed by atoms with Crippen molar-refractivity contribution < 1.29 is 8.83 Å². The predicted molar refractivity (Wildman–Crippen MR) is 279 cm³/mol. The van der Waals surface area contributed by atoms with Gasteiger partial charge in [-0.1, -0.05) is 102 Å². The monoisotopic (exact) mass is 852 g/mol. The van der Waals surface area contributed by atoms with Gasteiger partial charge in [0.05, 0.1) is 0 Å². The molecule has 2 heterocycles. The SMILES string of the molecule is Cc1ccc(N(c2ccc3cc4c(cc3c2)oc2c(-c3ccccc3)c3c(cc24)oc2cc4cc(N(c5ccc(C)cc5)c5cc(C)ccc5C)ccc4cc23)c2cc(C)ccc2C)cc1. The predicted octanol–water partition coefficient (Wildman–Crippen LogP) is 18.2. The molecule has 0 bridgehead atoms. The largest absolute Gasteiger partial charge is 0.456 e. The number of furan rings is 2. The fourth-order valence-corrected chi connectivity index (χ4v) is 9.95. The Kier molecular flexibility index (Phi) is 9.15. The molecule has 0 atom stereocenters. The molecule has 0 aliphatic heterocycles. The maximum Gasteiger partial charge on any atom is 0.144 e. The minimum absolute atomic E-state index is 0.837. The fourth-order valence-electron chi connectivity index (χ4n) is 9.95. The van der Waals surface area contributed by atoms with Crippen LogP contribution in [0.15, 0.2) is 191 Å². The first-order valence-corrected chi connectivity index (χ1v) is 22.8. The summed E-state index contributed by atoms with van der Waals surface area (Å²) in [5.74, 6) is 0. The fraction of sp³-hybridized carbons (Fsp3) is 0.0968. The Labute approximate surface area is 384 Å². The molecule has 12 aromatic rings. The van der Waals surface area contributed by atoms with Crippen LogP contribution in [0.5, 0.6) is 0 Å². The van der Waals surface area contributed by atoms with E-state index in [4.69, 9.17) is 8.83 Å². The highest BCUT2D eigenvalue weighted by Crippen LogP contribution is 2.48. The average molecular weight is 853 g/mol. The van der Waals surface area contributed by atoms with Crippen molar-refractivity contribution in [3.63, 3.8) is 0 Å². The van der Waals surface area contributed by atoms with Gasteiger partial charge >= 0.3 is 0 Å². The molecule has 0 N–H and O–H groups in total. The first kappa shape index (κ1) is 39.5. The molecule has 0 aliphatic carbocycles. The molecule has 4 heteroatoms. The number of aryl methyl sites for hydroxylation is 6. The van der Waals surface area contributed by atoms with Crippen LogP contribution < -0.4 is 9.80 Å². The molecule has 0 aliphatic rings. The van der Waals surface area contributed by atoms with Crippen molar-refractivity contribution in [3.8, 4) is 11.1 Å². The van der Waals surface area contributed by atoms with Crippen molar-refractivity contribution in [1.82, 2.24) is 0 Å². The molecule has 0 spiro atoms. The van der Waals surface area contributed by atoms with Gasteiger partial charge in [-0.2, -0.15) is 0 Å². The van der Waals surface area contributed by atoms with Crippen LogP contribution in [0.2, 0.25) is 0 Å². The molecule has 0 amide bonds. The zero-order valence-electron chi connectivity index (χ0n) is 38.0. The van der Waals surface area contributed by atoms with Crippen LogP contribution in [0, 0.1) is 41.5 Å². The molecular weight excluding hydrogens is 805 g/mol. The van der Waals surface area contributed by atoms with Crippen molar-refractivity contribution in [2.24, 2.45) is 0 Å². The van der Waals surface area contributed by atoms with E-state index >= 15 is 0 Å². The summed E-state index contributed by atoms with van der Waals surface area (Å²) in [5, 5.41) is 8.73. The smallest absolute Gasteiger partial charge is 0.144 e. The van der Waals surface area contributed by atoms with Crippen LogP contribution >= 0.6 is 0 Å². The van der Waals surface area contributed by atoms with Crippen molar-refractivity contribution in [3.05, 3.63) is 215 Å². The third-order valence-corrected chi connectivity index (χ3v) is 13.5. The van der Waals surface area contributed by atoms with Crippen LogP contribution in [0.1, 0.15) is 33.4 Å². The van der Waals surface area contributed by atoms with E-state index in [1.165, 1.54) is 44.8 Å². The summed E-state index contributed by atoms with van der Waals surface area (Å²) in [6, 6.07) is 66.3. The average Bonchev–Trinajstić information content (AvgIpc) is 3.86. The zero-order chi connectivity index (χ0) is 44.8. The molecule has 10 aromatic carbocycles.